The summed E-state index contributed by atoms with van der Waals surface area (Å²) in [5.74, 6) is 0.644. The molecule has 0 saturated carbocycles. The number of methoxy groups -OCH3 is 1. The maximum absolute atomic E-state index is 13.1. The Labute approximate surface area is 170 Å². The van der Waals surface area contributed by atoms with Crippen molar-refractivity contribution in [2.75, 3.05) is 12.0 Å². The Morgan fingerprint density at radius 3 is 2.41 bits per heavy atom. The van der Waals surface area contributed by atoms with Gasteiger partial charge in [-0.15, -0.1) is 0 Å². The van der Waals surface area contributed by atoms with Gasteiger partial charge in [-0.1, -0.05) is 30.3 Å². The first kappa shape index (κ1) is 20.9. The van der Waals surface area contributed by atoms with E-state index in [1.54, 1.807) is 24.1 Å². The van der Waals surface area contributed by atoms with Gasteiger partial charge in [0, 0.05) is 18.0 Å². The van der Waals surface area contributed by atoms with E-state index in [-0.39, 0.29) is 13.2 Å². The van der Waals surface area contributed by atoms with E-state index in [4.69, 9.17) is 13.9 Å². The number of anilines is 1. The summed E-state index contributed by atoms with van der Waals surface area (Å²) in [6, 6.07) is 15.0. The van der Waals surface area contributed by atoms with Crippen LogP contribution in [0.5, 0.6) is 0 Å². The normalized spacial score (nSPS) is 11.6. The number of hydrogen-bond acceptors (Lipinski definition) is 5. The molecule has 0 aliphatic carbocycles. The van der Waals surface area contributed by atoms with Crippen molar-refractivity contribution in [1.29, 1.82) is 0 Å². The fourth-order valence-corrected chi connectivity index (χ4v) is 3.24. The Morgan fingerprint density at radius 1 is 1.07 bits per heavy atom. The number of nitrogens with zero attached hydrogens (tertiary/aromatic N) is 1. The van der Waals surface area contributed by atoms with E-state index in [0.717, 1.165) is 10.9 Å². The summed E-state index contributed by atoms with van der Waals surface area (Å²) in [7, 11) is 1.59. The van der Waals surface area contributed by atoms with E-state index in [1.165, 1.54) is 0 Å². The first-order valence-corrected chi connectivity index (χ1v) is 9.49. The zero-order chi connectivity index (χ0) is 21.0. The lowest BCUT2D eigenvalue weighted by molar-refractivity contribution is 0.142. The first-order valence-electron chi connectivity index (χ1n) is 9.49. The number of carbonyl (C=O) groups excluding carboxylic acids is 1. The van der Waals surface area contributed by atoms with Crippen LogP contribution in [0.1, 0.15) is 37.7 Å². The molecule has 0 saturated heterocycles. The molecule has 0 aliphatic heterocycles. The Balaban J connectivity index is 2.01. The lowest BCUT2D eigenvalue weighted by atomic mass is 10.0. The van der Waals surface area contributed by atoms with Crippen LogP contribution >= 0.6 is 0 Å². The number of ether oxygens (including phenoxy) is 2. The van der Waals surface area contributed by atoms with Gasteiger partial charge in [0.2, 0.25) is 0 Å². The van der Waals surface area contributed by atoms with Crippen LogP contribution in [0, 0.1) is 0 Å². The van der Waals surface area contributed by atoms with E-state index < -0.39 is 11.6 Å². The van der Waals surface area contributed by atoms with Gasteiger partial charge in [-0.2, -0.15) is 0 Å². The fourth-order valence-electron chi connectivity index (χ4n) is 3.24. The Morgan fingerprint density at radius 2 is 1.79 bits per heavy atom. The average Bonchev–Trinajstić information content (AvgIpc) is 3.09. The maximum Gasteiger partial charge on any atom is 0.415 e. The number of aliphatic hydroxyl groups is 1. The molecule has 1 heterocycles. The molecular weight excluding hydrogens is 370 g/mol. The van der Waals surface area contributed by atoms with Gasteiger partial charge in [0.1, 0.15) is 24.6 Å². The van der Waals surface area contributed by atoms with Crippen LogP contribution in [0.4, 0.5) is 10.5 Å². The minimum atomic E-state index is -0.562. The van der Waals surface area contributed by atoms with Crippen LogP contribution in [0.15, 0.2) is 52.9 Å². The van der Waals surface area contributed by atoms with Crippen LogP contribution < -0.4 is 4.90 Å². The van der Waals surface area contributed by atoms with Gasteiger partial charge in [-0.3, -0.25) is 4.90 Å². The molecule has 0 atom stereocenters. The first-order chi connectivity index (χ1) is 13.8. The topological polar surface area (TPSA) is 72.1 Å². The third-order valence-corrected chi connectivity index (χ3v) is 4.49. The lowest BCUT2D eigenvalue weighted by Crippen LogP contribution is -2.46. The summed E-state index contributed by atoms with van der Waals surface area (Å²) in [4.78, 5) is 14.7. The number of benzene rings is 2. The number of aliphatic hydroxyl groups excluding tert-OH is 1. The molecule has 0 bridgehead atoms. The number of furan rings is 1. The molecule has 2 aromatic carbocycles. The lowest BCUT2D eigenvalue weighted by Gasteiger charge is -2.35. The van der Waals surface area contributed by atoms with Crippen LogP contribution in [-0.2, 0) is 29.3 Å². The van der Waals surface area contributed by atoms with Crippen molar-refractivity contribution in [2.45, 2.75) is 46.1 Å². The SMILES string of the molecule is COCc1cc2c(N(C(=O)OCc3ccccc3)C(C)(C)C)cc(CO)cc2o1. The van der Waals surface area contributed by atoms with Crippen molar-refractivity contribution in [1.82, 2.24) is 0 Å². The van der Waals surface area contributed by atoms with Crippen LogP contribution in [0.2, 0.25) is 0 Å². The zero-order valence-corrected chi connectivity index (χ0v) is 17.3. The monoisotopic (exact) mass is 397 g/mol. The van der Waals surface area contributed by atoms with Crippen molar-refractivity contribution in [3.63, 3.8) is 0 Å². The highest BCUT2D eigenvalue weighted by Gasteiger charge is 2.32. The predicted octanol–water partition coefficient (Wildman–Crippen LogP) is 5.01. The average molecular weight is 397 g/mol. The van der Waals surface area contributed by atoms with Gasteiger partial charge in [0.25, 0.3) is 0 Å². The number of rotatable bonds is 6. The van der Waals surface area contributed by atoms with Crippen molar-refractivity contribution in [3.8, 4) is 0 Å². The molecule has 1 aromatic heterocycles. The molecule has 6 nitrogen and oxygen atoms in total. The molecular formula is C23H27NO5. The number of fused-ring (bicyclic) bond motifs is 1. The molecule has 0 radical (unpaired) electrons. The summed E-state index contributed by atoms with van der Waals surface area (Å²) in [5, 5.41) is 10.5. The molecule has 6 heteroatoms. The van der Waals surface area contributed by atoms with Crippen LogP contribution in [0.3, 0.4) is 0 Å². The van der Waals surface area contributed by atoms with Crippen LogP contribution in [0.25, 0.3) is 11.0 Å². The Bertz CT molecular complexity index is 972. The molecule has 0 fully saturated rings. The highest BCUT2D eigenvalue weighted by atomic mass is 16.6. The molecule has 154 valence electrons. The quantitative estimate of drug-likeness (QED) is 0.633. The summed E-state index contributed by atoms with van der Waals surface area (Å²) >= 11 is 0. The Kier molecular flexibility index (Phi) is 6.25. The number of amides is 1. The summed E-state index contributed by atoms with van der Waals surface area (Å²) in [6.07, 6.45) is -0.466. The highest BCUT2D eigenvalue weighted by molar-refractivity contribution is 6.01. The fraction of sp³-hybridized carbons (Fsp3) is 0.348. The summed E-state index contributed by atoms with van der Waals surface area (Å²) < 4.78 is 16.6. The highest BCUT2D eigenvalue weighted by Crippen LogP contribution is 2.36. The van der Waals surface area contributed by atoms with Gasteiger partial charge in [0.15, 0.2) is 0 Å². The minimum absolute atomic E-state index is 0.166. The second-order valence-electron chi connectivity index (χ2n) is 7.88. The second-order valence-corrected chi connectivity index (χ2v) is 7.88. The van der Waals surface area contributed by atoms with Gasteiger partial charge in [0.05, 0.1) is 12.3 Å². The van der Waals surface area contributed by atoms with E-state index in [9.17, 15) is 9.90 Å². The van der Waals surface area contributed by atoms with Gasteiger partial charge < -0.3 is 19.0 Å². The molecule has 29 heavy (non-hydrogen) atoms. The van der Waals surface area contributed by atoms with Crippen LogP contribution in [-0.4, -0.2) is 23.8 Å². The summed E-state index contributed by atoms with van der Waals surface area (Å²) in [5.41, 5.74) is 2.21. The number of carbonyl (C=O) groups is 1. The number of hydrogen-bond donors (Lipinski definition) is 1. The third-order valence-electron chi connectivity index (χ3n) is 4.49. The standard InChI is InChI=1S/C23H27NO5/c1-23(2,3)24(22(26)28-14-16-8-6-5-7-9-16)20-10-17(13-25)11-21-19(20)12-18(29-21)15-27-4/h5-12,25H,13-15H2,1-4H3. The largest absolute Gasteiger partial charge is 0.459 e. The molecule has 0 aliphatic rings. The van der Waals surface area contributed by atoms with Gasteiger partial charge >= 0.3 is 6.09 Å². The Hall–Kier alpha value is -2.83. The minimum Gasteiger partial charge on any atom is -0.459 e. The molecule has 0 spiro atoms. The molecule has 3 aromatic rings. The van der Waals surface area contributed by atoms with E-state index in [2.05, 4.69) is 0 Å². The molecule has 3 rings (SSSR count). The zero-order valence-electron chi connectivity index (χ0n) is 17.3. The molecule has 1 amide bonds. The van der Waals surface area contributed by atoms with Crippen molar-refractivity contribution in [3.05, 3.63) is 65.4 Å². The van der Waals surface area contributed by atoms with E-state index in [0.29, 0.717) is 29.2 Å². The van der Waals surface area contributed by atoms with Gasteiger partial charge in [-0.05, 0) is 50.1 Å². The predicted molar refractivity (Wildman–Crippen MR) is 112 cm³/mol. The maximum atomic E-state index is 13.1. The summed E-state index contributed by atoms with van der Waals surface area (Å²) in [6.45, 7) is 6.13. The van der Waals surface area contributed by atoms with E-state index in [1.807, 2.05) is 57.2 Å². The van der Waals surface area contributed by atoms with Crippen molar-refractivity contribution < 1.29 is 23.8 Å². The van der Waals surface area contributed by atoms with Crippen molar-refractivity contribution in [2.24, 2.45) is 0 Å². The smallest absolute Gasteiger partial charge is 0.415 e. The van der Waals surface area contributed by atoms with Gasteiger partial charge in [-0.25, -0.2) is 4.79 Å². The third kappa shape index (κ3) is 4.78. The van der Waals surface area contributed by atoms with Crippen molar-refractivity contribution >= 4 is 22.7 Å². The molecule has 0 unspecified atom stereocenters. The van der Waals surface area contributed by atoms with E-state index >= 15 is 0 Å². The second kappa shape index (κ2) is 8.68. The molecule has 1 N–H and O–H groups in total.